The van der Waals surface area contributed by atoms with Crippen LogP contribution >= 0.6 is 23.2 Å². The molecule has 1 aliphatic rings. The second-order valence-corrected chi connectivity index (χ2v) is 3.00. The molecule has 2 nitrogen and oxygen atoms in total. The highest BCUT2D eigenvalue weighted by molar-refractivity contribution is 6.33. The van der Waals surface area contributed by atoms with Gasteiger partial charge in [-0.1, -0.05) is 17.7 Å². The number of allylic oxidation sites excluding steroid dienone is 3. The molecular formula is C6H8Cl2N2. The highest BCUT2D eigenvalue weighted by Crippen LogP contribution is 2.22. The van der Waals surface area contributed by atoms with E-state index in [4.69, 9.17) is 29.0 Å². The number of nitrogens with one attached hydrogen (secondary N) is 1. The van der Waals surface area contributed by atoms with Gasteiger partial charge in [-0.25, -0.2) is 0 Å². The first-order valence-corrected chi connectivity index (χ1v) is 3.74. The average Bonchev–Trinajstić information content (AvgIpc) is 1.88. The standard InChI is InChI=1S/C6H8Cl2N2/c7-4-1-2-6(10-9)5(8)3-4/h2-4,10H,1,9H2. The molecule has 0 fully saturated rings. The average molecular weight is 179 g/mol. The molecule has 1 atom stereocenters. The summed E-state index contributed by atoms with van der Waals surface area (Å²) in [7, 11) is 0. The maximum atomic E-state index is 5.76. The molecule has 0 saturated heterocycles. The minimum absolute atomic E-state index is 0.00426. The summed E-state index contributed by atoms with van der Waals surface area (Å²) in [6.07, 6.45) is 4.41. The molecule has 0 aromatic carbocycles. The molecule has 56 valence electrons. The van der Waals surface area contributed by atoms with E-state index in [0.29, 0.717) is 5.03 Å². The number of hydrazine groups is 1. The van der Waals surface area contributed by atoms with E-state index in [9.17, 15) is 0 Å². The summed E-state index contributed by atoms with van der Waals surface area (Å²) in [6, 6.07) is 0. The molecule has 0 saturated carbocycles. The van der Waals surface area contributed by atoms with Crippen LogP contribution in [0.3, 0.4) is 0 Å². The number of alkyl halides is 1. The fraction of sp³-hybridized carbons (Fsp3) is 0.333. The molecule has 0 spiro atoms. The quantitative estimate of drug-likeness (QED) is 0.363. The minimum atomic E-state index is 0.00426. The molecule has 4 heteroatoms. The summed E-state index contributed by atoms with van der Waals surface area (Å²) in [5.41, 5.74) is 3.23. The molecular weight excluding hydrogens is 171 g/mol. The van der Waals surface area contributed by atoms with Gasteiger partial charge in [0.2, 0.25) is 0 Å². The normalized spacial score (nSPS) is 25.3. The van der Waals surface area contributed by atoms with Crippen LogP contribution in [-0.2, 0) is 0 Å². The van der Waals surface area contributed by atoms with E-state index in [1.165, 1.54) is 0 Å². The Balaban J connectivity index is 2.71. The molecule has 0 aromatic rings. The molecule has 1 unspecified atom stereocenters. The maximum absolute atomic E-state index is 5.76. The zero-order chi connectivity index (χ0) is 7.56. The second kappa shape index (κ2) is 3.28. The van der Waals surface area contributed by atoms with Crippen molar-refractivity contribution in [3.63, 3.8) is 0 Å². The summed E-state index contributed by atoms with van der Waals surface area (Å²) >= 11 is 11.5. The van der Waals surface area contributed by atoms with E-state index in [1.54, 1.807) is 6.08 Å². The maximum Gasteiger partial charge on any atom is 0.0629 e. The van der Waals surface area contributed by atoms with E-state index < -0.39 is 0 Å². The van der Waals surface area contributed by atoms with Crippen LogP contribution < -0.4 is 11.3 Å². The number of halogens is 2. The Labute approximate surface area is 69.6 Å². The summed E-state index contributed by atoms with van der Waals surface area (Å²) in [5.74, 6) is 5.15. The van der Waals surface area contributed by atoms with Crippen LogP contribution in [0.1, 0.15) is 6.42 Å². The first-order valence-electron chi connectivity index (χ1n) is 2.92. The topological polar surface area (TPSA) is 38.0 Å². The van der Waals surface area contributed by atoms with Crippen molar-refractivity contribution in [3.8, 4) is 0 Å². The van der Waals surface area contributed by atoms with Crippen molar-refractivity contribution < 1.29 is 0 Å². The first-order chi connectivity index (χ1) is 4.74. The van der Waals surface area contributed by atoms with E-state index >= 15 is 0 Å². The SMILES string of the molecule is NNC1=CCC(Cl)C=C1Cl. The van der Waals surface area contributed by atoms with Crippen LogP contribution in [0.4, 0.5) is 0 Å². The molecule has 0 heterocycles. The molecule has 0 radical (unpaired) electrons. The van der Waals surface area contributed by atoms with Gasteiger partial charge >= 0.3 is 0 Å². The third-order valence-electron chi connectivity index (χ3n) is 1.29. The fourth-order valence-electron chi connectivity index (χ4n) is 0.772. The lowest BCUT2D eigenvalue weighted by Crippen LogP contribution is -2.23. The van der Waals surface area contributed by atoms with Crippen LogP contribution in [0, 0.1) is 0 Å². The van der Waals surface area contributed by atoms with Gasteiger partial charge in [-0.05, 0) is 12.5 Å². The molecule has 0 aromatic heterocycles. The van der Waals surface area contributed by atoms with E-state index in [1.807, 2.05) is 6.08 Å². The number of hydrogen-bond acceptors (Lipinski definition) is 2. The van der Waals surface area contributed by atoms with Gasteiger partial charge in [-0.2, -0.15) is 0 Å². The monoisotopic (exact) mass is 178 g/mol. The summed E-state index contributed by atoms with van der Waals surface area (Å²) in [6.45, 7) is 0. The van der Waals surface area contributed by atoms with E-state index in [2.05, 4.69) is 5.43 Å². The van der Waals surface area contributed by atoms with Crippen LogP contribution in [0.25, 0.3) is 0 Å². The Morgan fingerprint density at radius 3 is 2.90 bits per heavy atom. The Hall–Kier alpha value is -0.180. The third kappa shape index (κ3) is 1.66. The zero-order valence-electron chi connectivity index (χ0n) is 5.27. The van der Waals surface area contributed by atoms with E-state index in [-0.39, 0.29) is 5.38 Å². The van der Waals surface area contributed by atoms with Crippen LogP contribution in [0.2, 0.25) is 0 Å². The van der Waals surface area contributed by atoms with Crippen LogP contribution in [0.15, 0.2) is 22.9 Å². The Kier molecular flexibility index (Phi) is 2.60. The Morgan fingerprint density at radius 2 is 2.40 bits per heavy atom. The lowest BCUT2D eigenvalue weighted by Gasteiger charge is -2.12. The summed E-state index contributed by atoms with van der Waals surface area (Å²) in [5, 5.41) is 0.596. The summed E-state index contributed by atoms with van der Waals surface area (Å²) in [4.78, 5) is 0. The highest BCUT2D eigenvalue weighted by Gasteiger charge is 2.10. The van der Waals surface area contributed by atoms with Crippen molar-refractivity contribution in [2.24, 2.45) is 5.84 Å². The van der Waals surface area contributed by atoms with Crippen molar-refractivity contribution in [1.82, 2.24) is 5.43 Å². The predicted molar refractivity (Wildman–Crippen MR) is 43.6 cm³/mol. The van der Waals surface area contributed by atoms with Gasteiger partial charge in [0.15, 0.2) is 0 Å². The zero-order valence-corrected chi connectivity index (χ0v) is 6.78. The van der Waals surface area contributed by atoms with Gasteiger partial charge in [-0.15, -0.1) is 11.6 Å². The Bertz CT molecular complexity index is 186. The molecule has 0 bridgehead atoms. The number of nitrogens with two attached hydrogens (primary N) is 1. The molecule has 10 heavy (non-hydrogen) atoms. The molecule has 0 amide bonds. The van der Waals surface area contributed by atoms with Crippen LogP contribution in [-0.4, -0.2) is 5.38 Å². The van der Waals surface area contributed by atoms with Crippen molar-refractivity contribution >= 4 is 23.2 Å². The minimum Gasteiger partial charge on any atom is -0.323 e. The van der Waals surface area contributed by atoms with Gasteiger partial charge in [0.25, 0.3) is 0 Å². The lowest BCUT2D eigenvalue weighted by atomic mass is 10.1. The first kappa shape index (κ1) is 7.92. The van der Waals surface area contributed by atoms with Gasteiger partial charge in [0, 0.05) is 0 Å². The third-order valence-corrected chi connectivity index (χ3v) is 1.92. The van der Waals surface area contributed by atoms with Crippen molar-refractivity contribution in [1.29, 1.82) is 0 Å². The molecule has 1 aliphatic carbocycles. The fourth-order valence-corrected chi connectivity index (χ4v) is 1.34. The largest absolute Gasteiger partial charge is 0.323 e. The highest BCUT2D eigenvalue weighted by atomic mass is 35.5. The van der Waals surface area contributed by atoms with Crippen molar-refractivity contribution in [2.45, 2.75) is 11.8 Å². The number of rotatable bonds is 1. The van der Waals surface area contributed by atoms with Gasteiger partial charge in [0.05, 0.1) is 16.1 Å². The van der Waals surface area contributed by atoms with Crippen LogP contribution in [0.5, 0.6) is 0 Å². The lowest BCUT2D eigenvalue weighted by molar-refractivity contribution is 0.871. The van der Waals surface area contributed by atoms with Crippen molar-refractivity contribution in [2.75, 3.05) is 0 Å². The van der Waals surface area contributed by atoms with Gasteiger partial charge in [-0.3, -0.25) is 5.84 Å². The number of hydrogen-bond donors (Lipinski definition) is 2. The molecule has 3 N–H and O–H groups in total. The predicted octanol–water partition coefficient (Wildman–Crippen LogP) is 1.47. The molecule has 0 aliphatic heterocycles. The molecule has 1 rings (SSSR count). The summed E-state index contributed by atoms with van der Waals surface area (Å²) < 4.78 is 0. The van der Waals surface area contributed by atoms with Crippen molar-refractivity contribution in [3.05, 3.63) is 22.9 Å². The smallest absolute Gasteiger partial charge is 0.0629 e. The van der Waals surface area contributed by atoms with Gasteiger partial charge < -0.3 is 5.43 Å². The Morgan fingerprint density at radius 1 is 1.70 bits per heavy atom. The second-order valence-electron chi connectivity index (χ2n) is 2.03. The van der Waals surface area contributed by atoms with Gasteiger partial charge in [0.1, 0.15) is 0 Å². The van der Waals surface area contributed by atoms with E-state index in [0.717, 1.165) is 12.1 Å².